The average Bonchev–Trinajstić information content (AvgIpc) is 2.38. The van der Waals surface area contributed by atoms with E-state index in [0.29, 0.717) is 0 Å². The number of nitrogens with one attached hydrogen (secondary N) is 1. The molecule has 0 saturated heterocycles. The van der Waals surface area contributed by atoms with Gasteiger partial charge in [0.25, 0.3) is 0 Å². The van der Waals surface area contributed by atoms with Gasteiger partial charge < -0.3 is 15.8 Å². The van der Waals surface area contributed by atoms with E-state index in [9.17, 15) is 0 Å². The number of anilines is 2. The fraction of sp³-hybridized carbons (Fsp3) is 0.200. The fourth-order valence-corrected chi connectivity index (χ4v) is 1.86. The van der Waals surface area contributed by atoms with Crippen LogP contribution in [0.3, 0.4) is 0 Å². The lowest BCUT2D eigenvalue weighted by molar-refractivity contribution is 0.414. The smallest absolute Gasteiger partial charge is 0.119 e. The van der Waals surface area contributed by atoms with Crippen molar-refractivity contribution in [3.63, 3.8) is 0 Å². The number of ether oxygens (including phenoxy) is 1. The van der Waals surface area contributed by atoms with Gasteiger partial charge in [0.2, 0.25) is 0 Å². The van der Waals surface area contributed by atoms with E-state index in [1.165, 1.54) is 5.56 Å². The van der Waals surface area contributed by atoms with Gasteiger partial charge in [-0.25, -0.2) is 0 Å². The first kappa shape index (κ1) is 12.3. The lowest BCUT2D eigenvalue weighted by Crippen LogP contribution is -2.01. The van der Waals surface area contributed by atoms with Gasteiger partial charge in [0, 0.05) is 17.9 Å². The second-order valence-corrected chi connectivity index (χ2v) is 4.28. The van der Waals surface area contributed by atoms with Crippen LogP contribution in [0.5, 0.6) is 5.75 Å². The zero-order valence-corrected chi connectivity index (χ0v) is 10.7. The molecule has 0 atom stereocenters. The highest BCUT2D eigenvalue weighted by molar-refractivity contribution is 5.57. The van der Waals surface area contributed by atoms with E-state index in [2.05, 4.69) is 11.4 Å². The molecule has 2 rings (SSSR count). The van der Waals surface area contributed by atoms with Gasteiger partial charge in [0.1, 0.15) is 5.75 Å². The maximum atomic E-state index is 5.73. The molecule has 0 amide bonds. The van der Waals surface area contributed by atoms with Gasteiger partial charge in [-0.15, -0.1) is 0 Å². The molecule has 0 fully saturated rings. The summed E-state index contributed by atoms with van der Waals surface area (Å²) in [7, 11) is 1.68. The van der Waals surface area contributed by atoms with Crippen molar-refractivity contribution >= 4 is 11.4 Å². The van der Waals surface area contributed by atoms with E-state index in [1.54, 1.807) is 7.11 Å². The molecule has 0 saturated carbocycles. The minimum Gasteiger partial charge on any atom is -0.497 e. The number of nitrogens with two attached hydrogens (primary N) is 1. The maximum absolute atomic E-state index is 5.73. The zero-order valence-electron chi connectivity index (χ0n) is 10.7. The second-order valence-electron chi connectivity index (χ2n) is 4.28. The molecule has 0 bridgehead atoms. The predicted molar refractivity (Wildman–Crippen MR) is 75.9 cm³/mol. The first-order chi connectivity index (χ1) is 8.69. The van der Waals surface area contributed by atoms with Crippen LogP contribution in [0.1, 0.15) is 11.1 Å². The molecule has 0 aromatic heterocycles. The average molecular weight is 242 g/mol. The molecule has 3 nitrogen and oxygen atoms in total. The highest BCUT2D eigenvalue weighted by Crippen LogP contribution is 2.19. The Hall–Kier alpha value is -2.16. The summed E-state index contributed by atoms with van der Waals surface area (Å²) in [6, 6.07) is 13.9. The van der Waals surface area contributed by atoms with Crippen molar-refractivity contribution in [3.8, 4) is 5.75 Å². The Morgan fingerprint density at radius 2 is 2.00 bits per heavy atom. The molecule has 18 heavy (non-hydrogen) atoms. The third-order valence-corrected chi connectivity index (χ3v) is 2.87. The number of hydrogen-bond donors (Lipinski definition) is 2. The minimum absolute atomic E-state index is 0.766. The Labute approximate surface area is 108 Å². The van der Waals surface area contributed by atoms with Crippen molar-refractivity contribution in [3.05, 3.63) is 53.6 Å². The zero-order chi connectivity index (χ0) is 13.0. The van der Waals surface area contributed by atoms with Gasteiger partial charge >= 0.3 is 0 Å². The van der Waals surface area contributed by atoms with Crippen LogP contribution in [-0.2, 0) is 6.54 Å². The lowest BCUT2D eigenvalue weighted by atomic mass is 10.1. The van der Waals surface area contributed by atoms with Crippen LogP contribution in [0.2, 0.25) is 0 Å². The normalized spacial score (nSPS) is 10.1. The number of benzene rings is 2. The van der Waals surface area contributed by atoms with Crippen LogP contribution >= 0.6 is 0 Å². The number of nitrogen functional groups attached to an aromatic ring is 1. The van der Waals surface area contributed by atoms with Crippen molar-refractivity contribution in [2.24, 2.45) is 0 Å². The number of aryl methyl sites for hydroxylation is 1. The van der Waals surface area contributed by atoms with Gasteiger partial charge in [-0.2, -0.15) is 0 Å². The van der Waals surface area contributed by atoms with Gasteiger partial charge in [0.15, 0.2) is 0 Å². The molecule has 0 radical (unpaired) electrons. The quantitative estimate of drug-likeness (QED) is 0.809. The molecule has 0 aliphatic carbocycles. The highest BCUT2D eigenvalue weighted by atomic mass is 16.5. The van der Waals surface area contributed by atoms with Crippen molar-refractivity contribution in [1.82, 2.24) is 0 Å². The summed E-state index contributed by atoms with van der Waals surface area (Å²) in [5, 5.41) is 3.40. The molecule has 94 valence electrons. The van der Waals surface area contributed by atoms with E-state index in [-0.39, 0.29) is 0 Å². The van der Waals surface area contributed by atoms with E-state index in [0.717, 1.165) is 29.2 Å². The van der Waals surface area contributed by atoms with Crippen LogP contribution in [-0.4, -0.2) is 7.11 Å². The van der Waals surface area contributed by atoms with E-state index >= 15 is 0 Å². The Morgan fingerprint density at radius 3 is 2.72 bits per heavy atom. The van der Waals surface area contributed by atoms with Crippen LogP contribution in [0, 0.1) is 6.92 Å². The van der Waals surface area contributed by atoms with Crippen LogP contribution < -0.4 is 15.8 Å². The summed E-state index contributed by atoms with van der Waals surface area (Å²) in [5.74, 6) is 0.878. The van der Waals surface area contributed by atoms with Crippen molar-refractivity contribution in [2.75, 3.05) is 18.2 Å². The summed E-state index contributed by atoms with van der Waals surface area (Å²) in [6.45, 7) is 2.81. The van der Waals surface area contributed by atoms with E-state index < -0.39 is 0 Å². The van der Waals surface area contributed by atoms with E-state index in [1.807, 2.05) is 43.3 Å². The van der Waals surface area contributed by atoms with Gasteiger partial charge in [-0.1, -0.05) is 12.1 Å². The maximum Gasteiger partial charge on any atom is 0.119 e. The van der Waals surface area contributed by atoms with E-state index in [4.69, 9.17) is 10.5 Å². The molecule has 3 N–H and O–H groups in total. The van der Waals surface area contributed by atoms with Crippen molar-refractivity contribution < 1.29 is 4.74 Å². The fourth-order valence-electron chi connectivity index (χ4n) is 1.86. The summed E-state index contributed by atoms with van der Waals surface area (Å²) in [6.07, 6.45) is 0. The second kappa shape index (κ2) is 5.45. The topological polar surface area (TPSA) is 47.3 Å². The summed E-state index contributed by atoms with van der Waals surface area (Å²) >= 11 is 0. The van der Waals surface area contributed by atoms with Crippen LogP contribution in [0.15, 0.2) is 42.5 Å². The largest absolute Gasteiger partial charge is 0.497 e. The molecule has 3 heteroatoms. The Kier molecular flexibility index (Phi) is 3.72. The molecule has 0 aliphatic rings. The molecule has 0 aliphatic heterocycles. The Balaban J connectivity index is 2.06. The first-order valence-electron chi connectivity index (χ1n) is 5.92. The van der Waals surface area contributed by atoms with Crippen molar-refractivity contribution in [1.29, 1.82) is 0 Å². The summed E-state index contributed by atoms with van der Waals surface area (Å²) in [5.41, 5.74) is 9.96. The first-order valence-corrected chi connectivity index (χ1v) is 5.92. The molecule has 2 aromatic carbocycles. The SMILES string of the molecule is COc1cccc(CNc2ccc(N)cc2C)c1. The molecular formula is C15H18N2O. The Bertz CT molecular complexity index is 538. The lowest BCUT2D eigenvalue weighted by Gasteiger charge is -2.11. The molecule has 0 heterocycles. The van der Waals surface area contributed by atoms with Crippen molar-refractivity contribution in [2.45, 2.75) is 13.5 Å². The number of methoxy groups -OCH3 is 1. The van der Waals surface area contributed by atoms with Crippen LogP contribution in [0.25, 0.3) is 0 Å². The summed E-state index contributed by atoms with van der Waals surface area (Å²) in [4.78, 5) is 0. The van der Waals surface area contributed by atoms with Gasteiger partial charge in [0.05, 0.1) is 7.11 Å². The summed E-state index contributed by atoms with van der Waals surface area (Å²) < 4.78 is 5.20. The van der Waals surface area contributed by atoms with Crippen LogP contribution in [0.4, 0.5) is 11.4 Å². The monoisotopic (exact) mass is 242 g/mol. The van der Waals surface area contributed by atoms with Gasteiger partial charge in [-0.05, 0) is 48.4 Å². The molecule has 0 spiro atoms. The Morgan fingerprint density at radius 1 is 1.17 bits per heavy atom. The highest BCUT2D eigenvalue weighted by Gasteiger charge is 1.99. The predicted octanol–water partition coefficient (Wildman–Crippen LogP) is 3.20. The standard InChI is InChI=1S/C15H18N2O/c1-11-8-13(16)6-7-15(11)17-10-12-4-3-5-14(9-12)18-2/h3-9,17H,10,16H2,1-2H3. The molecule has 0 unspecified atom stereocenters. The molecular weight excluding hydrogens is 224 g/mol. The third-order valence-electron chi connectivity index (χ3n) is 2.87. The minimum atomic E-state index is 0.766. The number of rotatable bonds is 4. The third kappa shape index (κ3) is 2.94. The number of hydrogen-bond acceptors (Lipinski definition) is 3. The van der Waals surface area contributed by atoms with Gasteiger partial charge in [-0.3, -0.25) is 0 Å². The molecule has 2 aromatic rings.